The van der Waals surface area contributed by atoms with Crippen LogP contribution in [0.15, 0.2) is 48.5 Å². The number of hydrogen-bond acceptors (Lipinski definition) is 7. The minimum Gasteiger partial charge on any atom is -0.479 e. The standard InChI is InChI=1S/C40H44ClN5O4S/c1-22-18-30-36(33(23-8-11-27(41)12-9-23)32(22)35(39(48)49)50-40(2,3)4)51-37(42-30)26-10-13-31-29(19-26)34(43-44(31)5)24-14-16-45(17-15-24)28-20-46(21-28)38(47)25-6-7-25/h8-13,18-19,24-25,28,35H,6-7,14-17,20-21H2,1-5H3,(H,48,49). The van der Waals surface area contributed by atoms with E-state index in [1.807, 2.05) is 69.8 Å². The fourth-order valence-corrected chi connectivity index (χ4v) is 9.13. The lowest BCUT2D eigenvalue weighted by atomic mass is 9.89. The van der Waals surface area contributed by atoms with Crippen LogP contribution in [0.2, 0.25) is 5.02 Å². The zero-order valence-electron chi connectivity index (χ0n) is 29.8. The zero-order chi connectivity index (χ0) is 35.8. The first kappa shape index (κ1) is 34.3. The third-order valence-corrected chi connectivity index (χ3v) is 12.1. The number of ether oxygens (including phenoxy) is 1. The van der Waals surface area contributed by atoms with Gasteiger partial charge in [-0.3, -0.25) is 14.4 Å². The summed E-state index contributed by atoms with van der Waals surface area (Å²) < 4.78 is 9.09. The Morgan fingerprint density at radius 1 is 1.00 bits per heavy atom. The number of rotatable bonds is 8. The predicted molar refractivity (Wildman–Crippen MR) is 202 cm³/mol. The zero-order valence-corrected chi connectivity index (χ0v) is 31.4. The highest BCUT2D eigenvalue weighted by molar-refractivity contribution is 7.22. The summed E-state index contributed by atoms with van der Waals surface area (Å²) in [5.41, 5.74) is 6.48. The number of aromatic nitrogens is 3. The van der Waals surface area contributed by atoms with Gasteiger partial charge in [0.25, 0.3) is 0 Å². The smallest absolute Gasteiger partial charge is 0.337 e. The van der Waals surface area contributed by atoms with E-state index < -0.39 is 17.7 Å². The molecule has 3 aromatic carbocycles. The molecule has 0 bridgehead atoms. The summed E-state index contributed by atoms with van der Waals surface area (Å²) in [6.07, 6.45) is 3.04. The van der Waals surface area contributed by atoms with Gasteiger partial charge in [0.2, 0.25) is 5.91 Å². The first-order chi connectivity index (χ1) is 24.3. The molecule has 4 heterocycles. The molecule has 1 N–H and O–H groups in total. The molecule has 266 valence electrons. The Kier molecular flexibility index (Phi) is 8.73. The van der Waals surface area contributed by atoms with Gasteiger partial charge >= 0.3 is 5.97 Å². The van der Waals surface area contributed by atoms with E-state index in [2.05, 4.69) is 28.0 Å². The maximum absolute atomic E-state index is 12.8. The molecule has 2 saturated heterocycles. The van der Waals surface area contributed by atoms with Crippen LogP contribution in [0.25, 0.3) is 42.8 Å². The minimum absolute atomic E-state index is 0.297. The molecule has 5 aromatic rings. The van der Waals surface area contributed by atoms with Gasteiger partial charge in [0.05, 0.1) is 27.0 Å². The predicted octanol–water partition coefficient (Wildman–Crippen LogP) is 8.22. The fraction of sp³-hybridized carbons (Fsp3) is 0.450. The molecule has 9 nitrogen and oxygen atoms in total. The number of likely N-dealkylation sites (tertiary alicyclic amines) is 2. The van der Waals surface area contributed by atoms with Gasteiger partial charge in [0.1, 0.15) is 5.01 Å². The third kappa shape index (κ3) is 6.56. The molecule has 1 saturated carbocycles. The van der Waals surface area contributed by atoms with E-state index in [1.165, 1.54) is 0 Å². The van der Waals surface area contributed by atoms with Gasteiger partial charge in [-0.05, 0) is 114 Å². The van der Waals surface area contributed by atoms with E-state index in [0.29, 0.717) is 34.4 Å². The molecular weight excluding hydrogens is 682 g/mol. The lowest BCUT2D eigenvalue weighted by Gasteiger charge is -2.47. The summed E-state index contributed by atoms with van der Waals surface area (Å²) in [5.74, 6) is -0.0181. The number of benzene rings is 3. The van der Waals surface area contributed by atoms with Crippen molar-refractivity contribution in [3.63, 3.8) is 0 Å². The van der Waals surface area contributed by atoms with E-state index >= 15 is 0 Å². The van der Waals surface area contributed by atoms with Crippen LogP contribution in [0.3, 0.4) is 0 Å². The minimum atomic E-state index is -1.17. The van der Waals surface area contributed by atoms with Gasteiger partial charge in [0.15, 0.2) is 6.10 Å². The van der Waals surface area contributed by atoms with Crippen LogP contribution < -0.4 is 0 Å². The Hall–Kier alpha value is -3.83. The van der Waals surface area contributed by atoms with Crippen LogP contribution >= 0.6 is 22.9 Å². The summed E-state index contributed by atoms with van der Waals surface area (Å²) >= 11 is 7.87. The number of carboxylic acid groups (broad SMARTS) is 1. The highest BCUT2D eigenvalue weighted by Crippen LogP contribution is 2.45. The molecule has 1 atom stereocenters. The normalized spacial score (nSPS) is 18.4. The molecule has 3 fully saturated rings. The van der Waals surface area contributed by atoms with Crippen molar-refractivity contribution in [3.8, 4) is 21.7 Å². The molecule has 2 aromatic heterocycles. The number of carbonyl (C=O) groups excluding carboxylic acids is 1. The van der Waals surface area contributed by atoms with Gasteiger partial charge in [0, 0.05) is 65.1 Å². The van der Waals surface area contributed by atoms with Gasteiger partial charge in [-0.2, -0.15) is 5.10 Å². The third-order valence-electron chi connectivity index (χ3n) is 10.7. The largest absolute Gasteiger partial charge is 0.479 e. The number of aliphatic carboxylic acids is 1. The summed E-state index contributed by atoms with van der Waals surface area (Å²) in [5, 5.41) is 18.1. The number of amides is 1. The Morgan fingerprint density at radius 2 is 1.69 bits per heavy atom. The van der Waals surface area contributed by atoms with Crippen molar-refractivity contribution in [2.45, 2.75) is 77.0 Å². The highest BCUT2D eigenvalue weighted by Gasteiger charge is 2.42. The Labute approximate surface area is 307 Å². The topological polar surface area (TPSA) is 101 Å². The van der Waals surface area contributed by atoms with Crippen molar-refractivity contribution in [2.24, 2.45) is 13.0 Å². The quantitative estimate of drug-likeness (QED) is 0.172. The van der Waals surface area contributed by atoms with Crippen LogP contribution in [-0.2, 0) is 21.4 Å². The maximum atomic E-state index is 12.8. The second-order valence-corrected chi connectivity index (χ2v) is 17.0. The molecule has 11 heteroatoms. The lowest BCUT2D eigenvalue weighted by Crippen LogP contribution is -2.62. The van der Waals surface area contributed by atoms with Crippen molar-refractivity contribution in [1.29, 1.82) is 0 Å². The first-order valence-electron chi connectivity index (χ1n) is 17.9. The van der Waals surface area contributed by atoms with Crippen molar-refractivity contribution >= 4 is 55.9 Å². The second kappa shape index (κ2) is 13.0. The molecule has 0 radical (unpaired) electrons. The SMILES string of the molecule is Cc1cc2nc(-c3ccc4c(c3)c(C3CCN(C5CN(C(=O)C6CC6)C5)CC3)nn4C)sc2c(-c2ccc(Cl)cc2)c1C(OC(C)(C)C)C(=O)O. The van der Waals surface area contributed by atoms with Gasteiger partial charge in [-0.1, -0.05) is 23.7 Å². The molecule has 51 heavy (non-hydrogen) atoms. The van der Waals surface area contributed by atoms with Crippen LogP contribution in [0, 0.1) is 12.8 Å². The van der Waals surface area contributed by atoms with E-state index in [4.69, 9.17) is 26.4 Å². The van der Waals surface area contributed by atoms with E-state index in [0.717, 1.165) is 106 Å². The average Bonchev–Trinajstić information content (AvgIpc) is 3.76. The number of thiazole rings is 1. The van der Waals surface area contributed by atoms with E-state index in [1.54, 1.807) is 11.3 Å². The van der Waals surface area contributed by atoms with E-state index in [-0.39, 0.29) is 0 Å². The number of halogens is 1. The van der Waals surface area contributed by atoms with Gasteiger partial charge in [-0.15, -0.1) is 11.3 Å². The summed E-state index contributed by atoms with van der Waals surface area (Å²) in [7, 11) is 2.01. The number of aryl methyl sites for hydroxylation is 2. The number of carbonyl (C=O) groups is 2. The Balaban J connectivity index is 1.12. The van der Waals surface area contributed by atoms with E-state index in [9.17, 15) is 14.7 Å². The van der Waals surface area contributed by atoms with Crippen molar-refractivity contribution in [1.82, 2.24) is 24.6 Å². The van der Waals surface area contributed by atoms with Crippen molar-refractivity contribution in [3.05, 3.63) is 70.4 Å². The van der Waals surface area contributed by atoms with Crippen molar-refractivity contribution in [2.75, 3.05) is 26.2 Å². The number of fused-ring (bicyclic) bond motifs is 2. The molecule has 1 unspecified atom stereocenters. The Morgan fingerprint density at radius 3 is 2.33 bits per heavy atom. The van der Waals surface area contributed by atoms with Crippen LogP contribution in [0.4, 0.5) is 0 Å². The number of piperidine rings is 1. The second-order valence-electron chi connectivity index (χ2n) is 15.5. The monoisotopic (exact) mass is 725 g/mol. The fourth-order valence-electron chi connectivity index (χ4n) is 7.88. The molecule has 0 spiro atoms. The molecule has 2 aliphatic heterocycles. The molecular formula is C40H44ClN5O4S. The number of carboxylic acids is 1. The lowest BCUT2D eigenvalue weighted by molar-refractivity contribution is -0.160. The van der Waals surface area contributed by atoms with Gasteiger partial charge in [-0.25, -0.2) is 9.78 Å². The summed E-state index contributed by atoms with van der Waals surface area (Å²) in [6.45, 7) is 11.3. The molecule has 3 aliphatic rings. The number of nitrogens with zero attached hydrogens (tertiary/aromatic N) is 5. The van der Waals surface area contributed by atoms with Crippen molar-refractivity contribution < 1.29 is 19.4 Å². The maximum Gasteiger partial charge on any atom is 0.337 e. The Bertz CT molecular complexity index is 2150. The first-order valence-corrected chi connectivity index (χ1v) is 19.1. The van der Waals surface area contributed by atoms with Gasteiger partial charge < -0.3 is 14.7 Å². The number of hydrogen-bond donors (Lipinski definition) is 1. The van der Waals surface area contributed by atoms with Crippen LogP contribution in [0.5, 0.6) is 0 Å². The van der Waals surface area contributed by atoms with Crippen LogP contribution in [-0.4, -0.2) is 79.4 Å². The summed E-state index contributed by atoms with van der Waals surface area (Å²) in [6, 6.07) is 16.5. The molecule has 1 amide bonds. The average molecular weight is 726 g/mol. The van der Waals surface area contributed by atoms with Crippen LogP contribution in [0.1, 0.15) is 75.3 Å². The molecule has 1 aliphatic carbocycles. The summed E-state index contributed by atoms with van der Waals surface area (Å²) in [4.78, 5) is 35.0. The highest BCUT2D eigenvalue weighted by atomic mass is 35.5. The molecule has 8 rings (SSSR count).